The summed E-state index contributed by atoms with van der Waals surface area (Å²) in [7, 11) is 0. The van der Waals surface area contributed by atoms with Crippen molar-refractivity contribution >= 4 is 17.6 Å². The van der Waals surface area contributed by atoms with Gasteiger partial charge in [-0.15, -0.1) is 0 Å². The lowest BCUT2D eigenvalue weighted by atomic mass is 10.1. The van der Waals surface area contributed by atoms with Crippen molar-refractivity contribution in [2.24, 2.45) is 0 Å². The molecule has 0 aliphatic carbocycles. The average molecular weight is 301 g/mol. The Labute approximate surface area is 110 Å². The molecule has 0 aliphatic heterocycles. The molecular formula is C11H9ClF4O3. The molecule has 1 rings (SSSR count). The Morgan fingerprint density at radius 1 is 1.42 bits per heavy atom. The fourth-order valence-electron chi connectivity index (χ4n) is 1.16. The molecule has 8 heteroatoms. The minimum absolute atomic E-state index is 0.000244. The molecule has 0 atom stereocenters. The van der Waals surface area contributed by atoms with Gasteiger partial charge in [-0.2, -0.15) is 8.78 Å². The second-order valence-electron chi connectivity index (χ2n) is 3.67. The van der Waals surface area contributed by atoms with Crippen LogP contribution in [0.15, 0.2) is 18.2 Å². The van der Waals surface area contributed by atoms with Crippen LogP contribution >= 0.6 is 11.6 Å². The lowest BCUT2D eigenvalue weighted by molar-refractivity contribution is -0.168. The molecule has 106 valence electrons. The van der Waals surface area contributed by atoms with Crippen LogP contribution in [0.2, 0.25) is 5.02 Å². The molecule has 0 unspecified atom stereocenters. The molecule has 0 saturated carbocycles. The number of hydrogen-bond donors (Lipinski definition) is 1. The van der Waals surface area contributed by atoms with Crippen LogP contribution < -0.4 is 0 Å². The first-order valence-electron chi connectivity index (χ1n) is 4.99. The molecule has 0 aromatic heterocycles. The van der Waals surface area contributed by atoms with Crippen molar-refractivity contribution in [3.8, 4) is 0 Å². The highest BCUT2D eigenvalue weighted by Gasteiger charge is 2.40. The first kappa shape index (κ1) is 15.7. The second-order valence-corrected chi connectivity index (χ2v) is 4.07. The Morgan fingerprint density at radius 3 is 2.53 bits per heavy atom. The van der Waals surface area contributed by atoms with E-state index >= 15 is 0 Å². The molecular weight excluding hydrogens is 292 g/mol. The molecule has 1 aromatic rings. The van der Waals surface area contributed by atoms with E-state index in [-0.39, 0.29) is 16.1 Å². The first-order valence-corrected chi connectivity index (χ1v) is 5.37. The Bertz CT molecular complexity index is 465. The molecule has 0 heterocycles. The highest BCUT2D eigenvalue weighted by molar-refractivity contribution is 6.31. The van der Waals surface area contributed by atoms with E-state index in [0.29, 0.717) is 0 Å². The quantitative estimate of drug-likeness (QED) is 0.818. The summed E-state index contributed by atoms with van der Waals surface area (Å²) in [5.74, 6) is -5.42. The van der Waals surface area contributed by atoms with Gasteiger partial charge in [0.2, 0.25) is 0 Å². The summed E-state index contributed by atoms with van der Waals surface area (Å²) in [5, 5.41) is 8.67. The van der Waals surface area contributed by atoms with E-state index < -0.39 is 31.5 Å². The van der Waals surface area contributed by atoms with Crippen LogP contribution in [0.25, 0.3) is 0 Å². The Morgan fingerprint density at radius 2 is 2.05 bits per heavy atom. The zero-order chi connectivity index (χ0) is 14.6. The van der Waals surface area contributed by atoms with E-state index in [1.807, 2.05) is 0 Å². The highest BCUT2D eigenvalue weighted by Crippen LogP contribution is 2.24. The molecule has 0 amide bonds. The second kappa shape index (κ2) is 6.21. The number of ether oxygens (including phenoxy) is 1. The maximum Gasteiger partial charge on any atom is 0.335 e. The maximum atomic E-state index is 12.5. The number of carbonyl (C=O) groups is 1. The van der Waals surface area contributed by atoms with Crippen LogP contribution in [0, 0.1) is 0 Å². The van der Waals surface area contributed by atoms with Crippen molar-refractivity contribution in [2.45, 2.75) is 19.0 Å². The van der Waals surface area contributed by atoms with Gasteiger partial charge in [0.25, 0.3) is 0 Å². The standard InChI is InChI=1S/C11H9ClF4O3/c12-8-3-6(9(17)18)1-2-7(8)4-19-5-11(15,16)10(13)14/h1-3,10H,4-5H2,(H,17,18). The van der Waals surface area contributed by atoms with E-state index in [1.165, 1.54) is 12.1 Å². The summed E-state index contributed by atoms with van der Waals surface area (Å²) in [6.45, 7) is -1.86. The van der Waals surface area contributed by atoms with Crippen LogP contribution in [0.5, 0.6) is 0 Å². The molecule has 1 N–H and O–H groups in total. The zero-order valence-electron chi connectivity index (χ0n) is 9.38. The number of benzene rings is 1. The molecule has 0 saturated heterocycles. The summed E-state index contributed by atoms with van der Waals surface area (Å²) in [5.41, 5.74) is 0.156. The molecule has 0 radical (unpaired) electrons. The van der Waals surface area contributed by atoms with Gasteiger partial charge in [0.05, 0.1) is 12.2 Å². The minimum Gasteiger partial charge on any atom is -0.478 e. The van der Waals surface area contributed by atoms with Gasteiger partial charge in [-0.3, -0.25) is 0 Å². The molecule has 0 aliphatic rings. The maximum absolute atomic E-state index is 12.5. The van der Waals surface area contributed by atoms with Gasteiger partial charge < -0.3 is 9.84 Å². The van der Waals surface area contributed by atoms with E-state index in [9.17, 15) is 22.4 Å². The molecule has 19 heavy (non-hydrogen) atoms. The number of rotatable bonds is 6. The van der Waals surface area contributed by atoms with Crippen molar-refractivity contribution in [1.29, 1.82) is 0 Å². The minimum atomic E-state index is -4.23. The van der Waals surface area contributed by atoms with E-state index in [1.54, 1.807) is 0 Å². The number of carboxylic acids is 1. The van der Waals surface area contributed by atoms with Gasteiger partial charge in [-0.05, 0) is 17.7 Å². The predicted molar refractivity (Wildman–Crippen MR) is 59.0 cm³/mol. The fraction of sp³-hybridized carbons (Fsp3) is 0.364. The molecule has 0 fully saturated rings. The van der Waals surface area contributed by atoms with Gasteiger partial charge in [-0.25, -0.2) is 13.6 Å². The number of halogens is 5. The molecule has 1 aromatic carbocycles. The summed E-state index contributed by atoms with van der Waals surface area (Å²) < 4.78 is 53.2. The van der Waals surface area contributed by atoms with Crippen molar-refractivity contribution in [3.05, 3.63) is 34.3 Å². The molecule has 0 bridgehead atoms. The number of alkyl halides is 4. The topological polar surface area (TPSA) is 46.5 Å². The fourth-order valence-corrected chi connectivity index (χ4v) is 1.39. The third kappa shape index (κ3) is 4.36. The van der Waals surface area contributed by atoms with Crippen LogP contribution in [-0.2, 0) is 11.3 Å². The van der Waals surface area contributed by atoms with Crippen LogP contribution in [-0.4, -0.2) is 30.0 Å². The van der Waals surface area contributed by atoms with Gasteiger partial charge in [0.15, 0.2) is 0 Å². The van der Waals surface area contributed by atoms with E-state index in [4.69, 9.17) is 16.7 Å². The highest BCUT2D eigenvalue weighted by atomic mass is 35.5. The first-order chi connectivity index (χ1) is 8.74. The third-order valence-electron chi connectivity index (χ3n) is 2.17. The third-order valence-corrected chi connectivity index (χ3v) is 2.52. The summed E-state index contributed by atoms with van der Waals surface area (Å²) in [6, 6.07) is 3.60. The largest absolute Gasteiger partial charge is 0.478 e. The van der Waals surface area contributed by atoms with Crippen molar-refractivity contribution < 1.29 is 32.2 Å². The molecule has 3 nitrogen and oxygen atoms in total. The van der Waals surface area contributed by atoms with Crippen molar-refractivity contribution in [3.63, 3.8) is 0 Å². The van der Waals surface area contributed by atoms with Crippen LogP contribution in [0.1, 0.15) is 15.9 Å². The van der Waals surface area contributed by atoms with Gasteiger partial charge in [0, 0.05) is 5.02 Å². The van der Waals surface area contributed by atoms with Gasteiger partial charge >= 0.3 is 18.3 Å². The van der Waals surface area contributed by atoms with Crippen molar-refractivity contribution in [2.75, 3.05) is 6.61 Å². The Hall–Kier alpha value is -1.34. The smallest absolute Gasteiger partial charge is 0.335 e. The Balaban J connectivity index is 2.62. The summed E-state index contributed by atoms with van der Waals surface area (Å²) >= 11 is 5.71. The zero-order valence-corrected chi connectivity index (χ0v) is 10.1. The molecule has 0 spiro atoms. The van der Waals surface area contributed by atoms with Crippen LogP contribution in [0.4, 0.5) is 17.6 Å². The lowest BCUT2D eigenvalue weighted by Gasteiger charge is -2.15. The number of hydrogen-bond acceptors (Lipinski definition) is 2. The Kier molecular flexibility index (Phi) is 5.13. The number of carboxylic acid groups (broad SMARTS) is 1. The average Bonchev–Trinajstić information content (AvgIpc) is 2.30. The summed E-state index contributed by atoms with van der Waals surface area (Å²) in [4.78, 5) is 10.6. The lowest BCUT2D eigenvalue weighted by Crippen LogP contribution is -2.32. The van der Waals surface area contributed by atoms with Gasteiger partial charge in [-0.1, -0.05) is 17.7 Å². The van der Waals surface area contributed by atoms with E-state index in [2.05, 4.69) is 4.74 Å². The van der Waals surface area contributed by atoms with Crippen molar-refractivity contribution in [1.82, 2.24) is 0 Å². The predicted octanol–water partition coefficient (Wildman–Crippen LogP) is 3.46. The van der Waals surface area contributed by atoms with E-state index in [0.717, 1.165) is 6.07 Å². The summed E-state index contributed by atoms with van der Waals surface area (Å²) in [6.07, 6.45) is -3.81. The van der Waals surface area contributed by atoms with Crippen LogP contribution in [0.3, 0.4) is 0 Å². The monoisotopic (exact) mass is 300 g/mol. The number of aromatic carboxylic acids is 1. The normalized spacial score (nSPS) is 11.9. The van der Waals surface area contributed by atoms with Gasteiger partial charge in [0.1, 0.15) is 6.61 Å². The SMILES string of the molecule is O=C(O)c1ccc(COCC(F)(F)C(F)F)c(Cl)c1.